The molecule has 0 aromatic heterocycles. The summed E-state index contributed by atoms with van der Waals surface area (Å²) >= 11 is 0. The van der Waals surface area contributed by atoms with Crippen LogP contribution in [0.3, 0.4) is 0 Å². The first-order chi connectivity index (χ1) is 10.4. The van der Waals surface area contributed by atoms with Crippen LogP contribution < -0.4 is 0 Å². The first-order valence-electron chi connectivity index (χ1n) is 8.42. The number of hydrogen-bond donors (Lipinski definition) is 0. The van der Waals surface area contributed by atoms with Gasteiger partial charge in [-0.3, -0.25) is 0 Å². The maximum atomic E-state index is 14.4. The van der Waals surface area contributed by atoms with Crippen LogP contribution in [0.2, 0.25) is 0 Å². The molecule has 0 heterocycles. The van der Waals surface area contributed by atoms with Gasteiger partial charge in [-0.1, -0.05) is 53.7 Å². The van der Waals surface area contributed by atoms with Crippen LogP contribution in [-0.2, 0) is 9.47 Å². The van der Waals surface area contributed by atoms with Crippen molar-refractivity contribution in [3.05, 3.63) is 30.9 Å². The molecular weight excluding hydrogens is 538 g/mol. The number of rotatable bonds is 11. The Kier molecular flexibility index (Phi) is 10.3. The zero-order valence-electron chi connectivity index (χ0n) is 16.5. The fourth-order valence-electron chi connectivity index (χ4n) is 1.85. The first-order valence-corrected chi connectivity index (χ1v) is 8.42. The Labute approximate surface area is 143 Å². The van der Waals surface area contributed by atoms with Crippen molar-refractivity contribution < 1.29 is 13.9 Å². The van der Waals surface area contributed by atoms with E-state index < -0.39 is 6.17 Å². The van der Waals surface area contributed by atoms with Gasteiger partial charge in [-0.2, -0.15) is 0 Å². The van der Waals surface area contributed by atoms with Crippen LogP contribution in [0.15, 0.2) is 24.0 Å². The van der Waals surface area contributed by atoms with Crippen molar-refractivity contribution in [1.29, 1.82) is 0 Å². The molecule has 1 unspecified atom stereocenters. The quantitative estimate of drug-likeness (QED) is 0.178. The summed E-state index contributed by atoms with van der Waals surface area (Å²) in [7, 11) is 0. The topological polar surface area (TPSA) is 18.5 Å². The van der Waals surface area contributed by atoms with Crippen molar-refractivity contribution in [2.24, 2.45) is 16.7 Å². The van der Waals surface area contributed by atoms with E-state index in [-0.39, 0.29) is 16.7 Å². The number of halogens is 1. The Balaban J connectivity index is 0. The van der Waals surface area contributed by atoms with E-state index in [1.54, 1.807) is 13.0 Å². The molecule has 0 aliphatic rings. The molecule has 0 rings (SSSR count). The van der Waals surface area contributed by atoms with E-state index in [9.17, 15) is 4.39 Å². The van der Waals surface area contributed by atoms with Crippen molar-refractivity contribution in [3.63, 3.8) is 0 Å². The Morgan fingerprint density at radius 3 is 2.12 bits per heavy atom. The first kappa shape index (κ1) is 24.4. The summed E-state index contributed by atoms with van der Waals surface area (Å²) in [6, 6.07) is 0. The van der Waals surface area contributed by atoms with Crippen LogP contribution in [-0.4, -0.2) is 26.0 Å². The van der Waals surface area contributed by atoms with Gasteiger partial charge in [-0.15, -0.1) is 5.41 Å². The third-order valence-corrected chi connectivity index (χ3v) is 3.47. The molecule has 144 valence electrons. The number of hydrogen-bond acceptors (Lipinski definition) is 2. The summed E-state index contributed by atoms with van der Waals surface area (Å²) in [6.45, 7) is 23.5. The van der Waals surface area contributed by atoms with Crippen LogP contribution >= 0.6 is 0 Å². The predicted octanol–water partition coefficient (Wildman–Crippen LogP) is 5.75. The van der Waals surface area contributed by atoms with Gasteiger partial charge in [0.05, 0.1) is 13.2 Å². The smallest absolute Gasteiger partial charge is 0.160 e. The molecule has 0 bridgehead atoms. The maximum Gasteiger partial charge on any atom is 0.160 e. The van der Waals surface area contributed by atoms with E-state index in [0.717, 1.165) is 5.57 Å². The third kappa shape index (κ3) is 10.8. The van der Waals surface area contributed by atoms with Gasteiger partial charge >= 0.3 is 0 Å². The van der Waals surface area contributed by atoms with E-state index in [2.05, 4.69) is 27.4 Å². The van der Waals surface area contributed by atoms with Crippen LogP contribution in [0.5, 0.6) is 0 Å². The zero-order valence-corrected chi connectivity index (χ0v) is 19.5. The average Bonchev–Trinajstić information content (AvgIpc) is 2.37. The van der Waals surface area contributed by atoms with Gasteiger partial charge in [0.1, 0.15) is 5.76 Å². The minimum absolute atomic E-state index is 0. The fraction of sp³-hybridized carbons (Fsp3) is 0.750. The molecule has 0 aliphatic carbocycles. The standard InChI is InChI=1S/C20H36FO2.Cm/c1-10-18(17(21)11-16(4)15(2)3)23-14-20(8,9)13-22-12-19(5,6)7;/h10,15,17H,4-5,11-14H2,1-3,6-9H3;/q-1;/b18-10+;. The number of ether oxygens (including phenoxy) is 2. The van der Waals surface area contributed by atoms with Crippen LogP contribution in [0.1, 0.15) is 54.9 Å². The SMILES string of the molecule is C=C(CC(F)/C(=C\C)OCC(C)(C)COCC([CH2-])(C)C)C(C)C.[Cm]. The molecule has 1 atom stereocenters. The van der Waals surface area contributed by atoms with Gasteiger partial charge in [0.25, 0.3) is 0 Å². The molecule has 0 spiro atoms. The monoisotopic (exact) mass is 570 g/mol. The normalized spacial score (nSPS) is 14.3. The van der Waals surface area contributed by atoms with Crippen molar-refractivity contribution in [3.8, 4) is 0 Å². The Morgan fingerprint density at radius 1 is 1.17 bits per heavy atom. The van der Waals surface area contributed by atoms with E-state index in [1.807, 2.05) is 27.7 Å². The van der Waals surface area contributed by atoms with Crippen LogP contribution in [0, 0.1) is 23.7 Å². The van der Waals surface area contributed by atoms with Crippen LogP contribution in [0.4, 0.5) is 4.39 Å². The van der Waals surface area contributed by atoms with Gasteiger partial charge in [0.15, 0.2) is 6.17 Å². The summed E-state index contributed by atoms with van der Waals surface area (Å²) < 4.78 is 25.8. The molecule has 24 heavy (non-hydrogen) atoms. The average molecular weight is 575 g/mol. The molecule has 0 saturated heterocycles. The van der Waals surface area contributed by atoms with E-state index in [4.69, 9.17) is 9.47 Å². The fourth-order valence-corrected chi connectivity index (χ4v) is 1.85. The molecule has 0 N–H and O–H groups in total. The minimum atomic E-state index is -1.13. The molecule has 0 aromatic rings. The van der Waals surface area contributed by atoms with Gasteiger partial charge < -0.3 is 16.4 Å². The molecule has 2 nitrogen and oxygen atoms in total. The molecule has 4 heteroatoms. The van der Waals surface area contributed by atoms with Gasteiger partial charge in [0, 0.05) is 18.4 Å². The van der Waals surface area contributed by atoms with Crippen LogP contribution in [0.25, 0.3) is 0 Å². The predicted molar refractivity (Wildman–Crippen MR) is 96.9 cm³/mol. The largest absolute Gasteiger partial charge is 0.495 e. The summed E-state index contributed by atoms with van der Waals surface area (Å²) in [5, 5.41) is 0. The molecule has 0 radical (unpaired) electrons. The van der Waals surface area contributed by atoms with Gasteiger partial charge in [-0.05, 0) is 18.9 Å². The zero-order chi connectivity index (χ0) is 18.3. The van der Waals surface area contributed by atoms with E-state index in [0.29, 0.717) is 32.0 Å². The summed E-state index contributed by atoms with van der Waals surface area (Å²) in [5.74, 6) is 0.666. The summed E-state index contributed by atoms with van der Waals surface area (Å²) in [6.07, 6.45) is 0.878. The second-order valence-corrected chi connectivity index (χ2v) is 8.29. The van der Waals surface area contributed by atoms with E-state index >= 15 is 0 Å². The maximum absolute atomic E-state index is 14.4. The Morgan fingerprint density at radius 2 is 1.71 bits per heavy atom. The number of alkyl halides is 1. The summed E-state index contributed by atoms with van der Waals surface area (Å²) in [4.78, 5) is 0. The number of allylic oxidation sites excluding steroid dienone is 3. The molecule has 0 fully saturated rings. The molecule has 0 saturated carbocycles. The Bertz CT molecular complexity index is 395. The van der Waals surface area contributed by atoms with Crippen molar-refractivity contribution in [2.45, 2.75) is 61.1 Å². The van der Waals surface area contributed by atoms with E-state index in [1.165, 1.54) is 0 Å². The second kappa shape index (κ2) is 10.1. The van der Waals surface area contributed by atoms with Crippen molar-refractivity contribution in [1.82, 2.24) is 0 Å². The molecule has 0 aromatic carbocycles. The van der Waals surface area contributed by atoms with Crippen molar-refractivity contribution >= 4 is 0 Å². The molecular formula is C20H36CmFO2-. The molecule has 0 aliphatic heterocycles. The van der Waals surface area contributed by atoms with Gasteiger partial charge in [0.2, 0.25) is 0 Å². The Hall–Kier alpha value is -1.83. The second-order valence-electron chi connectivity index (χ2n) is 8.29. The van der Waals surface area contributed by atoms with Gasteiger partial charge in [-0.25, -0.2) is 4.39 Å². The summed E-state index contributed by atoms with van der Waals surface area (Å²) in [5.41, 5.74) is 0.613. The molecule has 0 amide bonds. The van der Waals surface area contributed by atoms with Crippen molar-refractivity contribution in [2.75, 3.05) is 19.8 Å². The minimum Gasteiger partial charge on any atom is -0.495 e. The third-order valence-electron chi connectivity index (χ3n) is 3.47.